The molecule has 0 unspecified atom stereocenters. The van der Waals surface area contributed by atoms with E-state index < -0.39 is 9.84 Å². The monoisotopic (exact) mass is 324 g/mol. The Hall–Kier alpha value is -1.13. The first-order valence-corrected chi connectivity index (χ1v) is 7.96. The Kier molecular flexibility index (Phi) is 3.88. The molecular weight excluding hydrogens is 312 g/mol. The highest BCUT2D eigenvalue weighted by molar-refractivity contribution is 9.10. The maximum atomic E-state index is 12.2. The predicted molar refractivity (Wildman–Crippen MR) is 76.2 cm³/mol. The molecule has 4 heteroatoms. The molecule has 2 rings (SSSR count). The second-order valence-electron chi connectivity index (χ2n) is 4.20. The van der Waals surface area contributed by atoms with Crippen molar-refractivity contribution in [1.82, 2.24) is 0 Å². The van der Waals surface area contributed by atoms with Gasteiger partial charge >= 0.3 is 0 Å². The Morgan fingerprint density at radius 1 is 0.944 bits per heavy atom. The lowest BCUT2D eigenvalue weighted by molar-refractivity contribution is 0.595. The predicted octanol–water partition coefficient (Wildman–Crippen LogP) is 3.73. The van der Waals surface area contributed by atoms with E-state index in [1.54, 1.807) is 24.3 Å². The minimum absolute atomic E-state index is 0.0366. The number of halogens is 1. The fraction of sp³-hybridized carbons (Fsp3) is 0.143. The number of hydrogen-bond donors (Lipinski definition) is 0. The van der Waals surface area contributed by atoms with Crippen LogP contribution in [0, 0.1) is 6.92 Å². The van der Waals surface area contributed by atoms with Crippen molar-refractivity contribution >= 4 is 25.8 Å². The van der Waals surface area contributed by atoms with E-state index in [9.17, 15) is 8.42 Å². The third-order valence-corrected chi connectivity index (χ3v) is 4.88. The van der Waals surface area contributed by atoms with Crippen LogP contribution in [0.3, 0.4) is 0 Å². The fourth-order valence-corrected chi connectivity index (χ4v) is 3.24. The van der Waals surface area contributed by atoms with Gasteiger partial charge in [0.2, 0.25) is 0 Å². The van der Waals surface area contributed by atoms with E-state index >= 15 is 0 Å². The van der Waals surface area contributed by atoms with Crippen LogP contribution >= 0.6 is 15.9 Å². The van der Waals surface area contributed by atoms with Crippen LogP contribution in [0.15, 0.2) is 57.9 Å². The molecule has 0 fully saturated rings. The quantitative estimate of drug-likeness (QED) is 0.862. The van der Waals surface area contributed by atoms with Crippen molar-refractivity contribution in [2.75, 3.05) is 0 Å². The summed E-state index contributed by atoms with van der Waals surface area (Å²) in [6.45, 7) is 1.98. The zero-order chi connectivity index (χ0) is 13.2. The van der Waals surface area contributed by atoms with E-state index in [2.05, 4.69) is 15.9 Å². The zero-order valence-electron chi connectivity index (χ0n) is 9.93. The molecule has 0 atom stereocenters. The summed E-state index contributed by atoms with van der Waals surface area (Å²) in [6, 6.07) is 14.3. The fourth-order valence-electron chi connectivity index (χ4n) is 1.63. The lowest BCUT2D eigenvalue weighted by atomic mass is 10.2. The van der Waals surface area contributed by atoms with Gasteiger partial charge in [0, 0.05) is 4.47 Å². The molecular formula is C14H13BrO2S. The van der Waals surface area contributed by atoms with Gasteiger partial charge in [0.15, 0.2) is 9.84 Å². The molecule has 0 spiro atoms. The molecule has 0 aliphatic rings. The number of sulfone groups is 1. The van der Waals surface area contributed by atoms with Crippen molar-refractivity contribution in [2.45, 2.75) is 17.6 Å². The average Bonchev–Trinajstić information content (AvgIpc) is 2.32. The maximum absolute atomic E-state index is 12.2. The Balaban J connectivity index is 2.27. The molecule has 0 aliphatic heterocycles. The van der Waals surface area contributed by atoms with Crippen LogP contribution in [0.25, 0.3) is 0 Å². The highest BCUT2D eigenvalue weighted by Crippen LogP contribution is 2.19. The number of aryl methyl sites for hydroxylation is 1. The molecule has 94 valence electrons. The average molecular weight is 325 g/mol. The van der Waals surface area contributed by atoms with E-state index in [-0.39, 0.29) is 5.75 Å². The van der Waals surface area contributed by atoms with Crippen molar-refractivity contribution in [3.63, 3.8) is 0 Å². The largest absolute Gasteiger partial charge is 0.223 e. The van der Waals surface area contributed by atoms with Crippen molar-refractivity contribution in [1.29, 1.82) is 0 Å². The van der Waals surface area contributed by atoms with Crippen LogP contribution in [0.1, 0.15) is 11.1 Å². The number of benzene rings is 2. The van der Waals surface area contributed by atoms with Gasteiger partial charge in [-0.15, -0.1) is 0 Å². The molecule has 0 aromatic heterocycles. The molecule has 18 heavy (non-hydrogen) atoms. The molecule has 2 aromatic rings. The molecule has 2 nitrogen and oxygen atoms in total. The molecule has 0 aliphatic carbocycles. The summed E-state index contributed by atoms with van der Waals surface area (Å²) in [4.78, 5) is 0.353. The van der Waals surface area contributed by atoms with Gasteiger partial charge in [0.05, 0.1) is 10.6 Å². The van der Waals surface area contributed by atoms with Gasteiger partial charge in [-0.3, -0.25) is 0 Å². The third-order valence-electron chi connectivity index (χ3n) is 2.65. The number of hydrogen-bond acceptors (Lipinski definition) is 2. The lowest BCUT2D eigenvalue weighted by Gasteiger charge is -2.05. The summed E-state index contributed by atoms with van der Waals surface area (Å²) < 4.78 is 25.2. The lowest BCUT2D eigenvalue weighted by Crippen LogP contribution is -2.04. The van der Waals surface area contributed by atoms with Crippen molar-refractivity contribution in [2.24, 2.45) is 0 Å². The van der Waals surface area contributed by atoms with E-state index in [1.165, 1.54) is 0 Å². The number of rotatable bonds is 3. The highest BCUT2D eigenvalue weighted by atomic mass is 79.9. The Labute approximate surface area is 116 Å². The van der Waals surface area contributed by atoms with Crippen LogP contribution in [0.4, 0.5) is 0 Å². The Morgan fingerprint density at radius 3 is 2.06 bits per heavy atom. The summed E-state index contributed by atoms with van der Waals surface area (Å²) in [7, 11) is -3.26. The molecule has 0 heterocycles. The summed E-state index contributed by atoms with van der Waals surface area (Å²) in [5.74, 6) is 0.0366. The van der Waals surface area contributed by atoms with Gasteiger partial charge in [-0.2, -0.15) is 0 Å². The summed E-state index contributed by atoms with van der Waals surface area (Å²) in [5, 5.41) is 0. The first kappa shape index (κ1) is 13.3. The molecule has 0 bridgehead atoms. The topological polar surface area (TPSA) is 34.1 Å². The van der Waals surface area contributed by atoms with E-state index in [0.717, 1.165) is 15.6 Å². The van der Waals surface area contributed by atoms with Gasteiger partial charge in [-0.05, 0) is 36.8 Å². The second-order valence-corrected chi connectivity index (χ2v) is 7.10. The molecule has 0 saturated heterocycles. The summed E-state index contributed by atoms with van der Waals surface area (Å²) >= 11 is 3.29. The molecule has 0 N–H and O–H groups in total. The minimum Gasteiger partial charge on any atom is -0.223 e. The van der Waals surface area contributed by atoms with E-state index in [1.807, 2.05) is 31.2 Å². The second kappa shape index (κ2) is 5.24. The Morgan fingerprint density at radius 2 is 1.50 bits per heavy atom. The smallest absolute Gasteiger partial charge is 0.182 e. The highest BCUT2D eigenvalue weighted by Gasteiger charge is 2.14. The van der Waals surface area contributed by atoms with E-state index in [0.29, 0.717) is 4.90 Å². The van der Waals surface area contributed by atoms with Crippen molar-refractivity contribution in [3.8, 4) is 0 Å². The van der Waals surface area contributed by atoms with Gasteiger partial charge in [0.1, 0.15) is 0 Å². The first-order valence-electron chi connectivity index (χ1n) is 5.51. The summed E-state index contributed by atoms with van der Waals surface area (Å²) in [5.41, 5.74) is 1.93. The first-order chi connectivity index (χ1) is 8.47. The van der Waals surface area contributed by atoms with Gasteiger partial charge in [0.25, 0.3) is 0 Å². The molecule has 0 radical (unpaired) electrons. The Bertz CT molecular complexity index is 628. The van der Waals surface area contributed by atoms with E-state index in [4.69, 9.17) is 0 Å². The van der Waals surface area contributed by atoms with Crippen LogP contribution in [0.2, 0.25) is 0 Å². The summed E-state index contributed by atoms with van der Waals surface area (Å²) in [6.07, 6.45) is 0. The van der Waals surface area contributed by atoms with Crippen molar-refractivity contribution < 1.29 is 8.42 Å². The van der Waals surface area contributed by atoms with Crippen molar-refractivity contribution in [3.05, 3.63) is 64.1 Å². The maximum Gasteiger partial charge on any atom is 0.182 e. The van der Waals surface area contributed by atoms with Gasteiger partial charge in [-0.1, -0.05) is 45.8 Å². The molecule has 0 saturated carbocycles. The van der Waals surface area contributed by atoms with Crippen LogP contribution < -0.4 is 0 Å². The molecule has 2 aromatic carbocycles. The normalized spacial score (nSPS) is 11.4. The zero-order valence-corrected chi connectivity index (χ0v) is 12.3. The third kappa shape index (κ3) is 3.21. The van der Waals surface area contributed by atoms with Crippen LogP contribution in [-0.4, -0.2) is 8.42 Å². The van der Waals surface area contributed by atoms with Gasteiger partial charge in [-0.25, -0.2) is 8.42 Å². The standard InChI is InChI=1S/C14H13BrO2S/c1-11-2-4-12(5-3-11)10-18(16,17)14-8-6-13(15)7-9-14/h2-9H,10H2,1H3. The SMILES string of the molecule is Cc1ccc(CS(=O)(=O)c2ccc(Br)cc2)cc1. The molecule has 0 amide bonds. The minimum atomic E-state index is -3.26. The van der Waals surface area contributed by atoms with Gasteiger partial charge < -0.3 is 0 Å². The van der Waals surface area contributed by atoms with Crippen LogP contribution in [-0.2, 0) is 15.6 Å². The van der Waals surface area contributed by atoms with Crippen LogP contribution in [0.5, 0.6) is 0 Å².